The molecule has 1 atom stereocenters. The Labute approximate surface area is 122 Å². The van der Waals surface area contributed by atoms with Gasteiger partial charge in [0.1, 0.15) is 0 Å². The molecule has 1 aliphatic carbocycles. The largest absolute Gasteiger partial charge is 0.481 e. The Morgan fingerprint density at radius 3 is 1.95 bits per heavy atom. The van der Waals surface area contributed by atoms with Crippen molar-refractivity contribution >= 4 is 5.97 Å². The average molecular weight is 274 g/mol. The molecule has 110 valence electrons. The van der Waals surface area contributed by atoms with Gasteiger partial charge in [0.25, 0.3) is 0 Å². The van der Waals surface area contributed by atoms with Crippen molar-refractivity contribution in [3.05, 3.63) is 35.4 Å². The zero-order valence-corrected chi connectivity index (χ0v) is 12.6. The van der Waals surface area contributed by atoms with E-state index in [0.29, 0.717) is 11.8 Å². The van der Waals surface area contributed by atoms with Gasteiger partial charge in [-0.05, 0) is 35.8 Å². The summed E-state index contributed by atoms with van der Waals surface area (Å²) in [6, 6.07) is 8.23. The van der Waals surface area contributed by atoms with Crippen LogP contribution in [0.25, 0.3) is 0 Å². The molecular formula is C18H26O2. The molecule has 0 aromatic heterocycles. The van der Waals surface area contributed by atoms with Crippen LogP contribution < -0.4 is 0 Å². The molecule has 2 heteroatoms. The van der Waals surface area contributed by atoms with Crippen LogP contribution in [0, 0.1) is 5.92 Å². The van der Waals surface area contributed by atoms with Gasteiger partial charge in [-0.2, -0.15) is 0 Å². The topological polar surface area (TPSA) is 37.3 Å². The Balaban J connectivity index is 2.21. The lowest BCUT2D eigenvalue weighted by Gasteiger charge is -2.23. The van der Waals surface area contributed by atoms with E-state index >= 15 is 0 Å². The van der Waals surface area contributed by atoms with Crippen molar-refractivity contribution in [3.8, 4) is 0 Å². The van der Waals surface area contributed by atoms with Gasteiger partial charge in [-0.15, -0.1) is 0 Å². The molecule has 1 aliphatic rings. The predicted octanol–water partition coefficient (Wildman–Crippen LogP) is 4.95. The number of carboxylic acids is 1. The van der Waals surface area contributed by atoms with Gasteiger partial charge in [0.05, 0.1) is 5.92 Å². The van der Waals surface area contributed by atoms with Crippen LogP contribution in [0.4, 0.5) is 0 Å². The van der Waals surface area contributed by atoms with E-state index in [-0.39, 0.29) is 5.92 Å². The molecule has 0 radical (unpaired) electrons. The minimum absolute atomic E-state index is 0.305. The van der Waals surface area contributed by atoms with Crippen LogP contribution in [0.5, 0.6) is 0 Å². The summed E-state index contributed by atoms with van der Waals surface area (Å²) < 4.78 is 0. The van der Waals surface area contributed by atoms with Crippen molar-refractivity contribution in [3.63, 3.8) is 0 Å². The number of hydrogen-bond acceptors (Lipinski definition) is 1. The number of hydrogen-bond donors (Lipinski definition) is 1. The summed E-state index contributed by atoms with van der Waals surface area (Å²) >= 11 is 0. The van der Waals surface area contributed by atoms with Crippen molar-refractivity contribution < 1.29 is 9.90 Å². The number of rotatable bonds is 4. The van der Waals surface area contributed by atoms with E-state index in [0.717, 1.165) is 18.4 Å². The molecule has 0 heterocycles. The standard InChI is InChI=1S/C18H26O2/c1-13(2)14-9-11-16(12-10-14)17(18(19)20)15-7-5-3-4-6-8-15/h9-13,15,17H,3-8H2,1-2H3,(H,19,20). The third-order valence-corrected chi connectivity index (χ3v) is 4.60. The normalized spacial score (nSPS) is 18.8. The predicted molar refractivity (Wildman–Crippen MR) is 82.1 cm³/mol. The summed E-state index contributed by atoms with van der Waals surface area (Å²) in [6.45, 7) is 4.32. The quantitative estimate of drug-likeness (QED) is 0.789. The van der Waals surface area contributed by atoms with Gasteiger partial charge < -0.3 is 5.11 Å². The van der Waals surface area contributed by atoms with Gasteiger partial charge in [0.15, 0.2) is 0 Å². The first-order valence-electron chi connectivity index (χ1n) is 7.92. The van der Waals surface area contributed by atoms with Gasteiger partial charge in [-0.3, -0.25) is 4.79 Å². The van der Waals surface area contributed by atoms with Crippen LogP contribution in [0.2, 0.25) is 0 Å². The second-order valence-electron chi connectivity index (χ2n) is 6.39. The zero-order valence-electron chi connectivity index (χ0n) is 12.6. The molecule has 0 bridgehead atoms. The van der Waals surface area contributed by atoms with Crippen LogP contribution in [0.15, 0.2) is 24.3 Å². The molecule has 1 aromatic carbocycles. The number of aliphatic carboxylic acids is 1. The minimum atomic E-state index is -0.658. The van der Waals surface area contributed by atoms with Crippen LogP contribution >= 0.6 is 0 Å². The lowest BCUT2D eigenvalue weighted by molar-refractivity contribution is -0.140. The van der Waals surface area contributed by atoms with E-state index in [1.165, 1.54) is 31.2 Å². The number of carboxylic acid groups (broad SMARTS) is 1. The van der Waals surface area contributed by atoms with Gasteiger partial charge in [0.2, 0.25) is 0 Å². The molecule has 0 saturated heterocycles. The van der Waals surface area contributed by atoms with Crippen molar-refractivity contribution in [1.29, 1.82) is 0 Å². The summed E-state index contributed by atoms with van der Waals surface area (Å²) in [5.74, 6) is -0.186. The Morgan fingerprint density at radius 2 is 1.50 bits per heavy atom. The fourth-order valence-electron chi connectivity index (χ4n) is 3.35. The van der Waals surface area contributed by atoms with Gasteiger partial charge in [-0.1, -0.05) is 63.8 Å². The highest BCUT2D eigenvalue weighted by Gasteiger charge is 2.30. The molecule has 1 fully saturated rings. The lowest BCUT2D eigenvalue weighted by atomic mass is 9.81. The molecule has 2 rings (SSSR count). The average Bonchev–Trinajstić information content (AvgIpc) is 2.68. The molecule has 0 amide bonds. The third-order valence-electron chi connectivity index (χ3n) is 4.60. The zero-order chi connectivity index (χ0) is 14.5. The summed E-state index contributed by atoms with van der Waals surface area (Å²) in [7, 11) is 0. The molecule has 1 unspecified atom stereocenters. The Bertz CT molecular complexity index is 425. The third kappa shape index (κ3) is 3.62. The number of benzene rings is 1. The second kappa shape index (κ2) is 6.92. The van der Waals surface area contributed by atoms with Crippen LogP contribution in [0.3, 0.4) is 0 Å². The van der Waals surface area contributed by atoms with E-state index in [1.54, 1.807) is 0 Å². The first-order valence-corrected chi connectivity index (χ1v) is 7.92. The maximum Gasteiger partial charge on any atom is 0.311 e. The molecular weight excluding hydrogens is 248 g/mol. The van der Waals surface area contributed by atoms with Crippen LogP contribution in [0.1, 0.15) is 75.3 Å². The molecule has 0 aliphatic heterocycles. The van der Waals surface area contributed by atoms with E-state index in [1.807, 2.05) is 12.1 Å². The van der Waals surface area contributed by atoms with Crippen molar-refractivity contribution in [1.82, 2.24) is 0 Å². The highest BCUT2D eigenvalue weighted by atomic mass is 16.4. The molecule has 1 aromatic rings. The monoisotopic (exact) mass is 274 g/mol. The smallest absolute Gasteiger partial charge is 0.311 e. The van der Waals surface area contributed by atoms with E-state index < -0.39 is 5.97 Å². The molecule has 2 nitrogen and oxygen atoms in total. The van der Waals surface area contributed by atoms with Gasteiger partial charge in [0, 0.05) is 0 Å². The lowest BCUT2D eigenvalue weighted by Crippen LogP contribution is -2.21. The summed E-state index contributed by atoms with van der Waals surface area (Å²) in [4.78, 5) is 11.7. The first-order chi connectivity index (χ1) is 9.59. The maximum absolute atomic E-state index is 11.7. The molecule has 0 spiro atoms. The summed E-state index contributed by atoms with van der Waals surface area (Å²) in [6.07, 6.45) is 6.99. The fraction of sp³-hybridized carbons (Fsp3) is 0.611. The summed E-state index contributed by atoms with van der Waals surface area (Å²) in [5, 5.41) is 9.65. The second-order valence-corrected chi connectivity index (χ2v) is 6.39. The highest BCUT2D eigenvalue weighted by molar-refractivity contribution is 5.76. The van der Waals surface area contributed by atoms with Gasteiger partial charge in [-0.25, -0.2) is 0 Å². The van der Waals surface area contributed by atoms with E-state index in [2.05, 4.69) is 26.0 Å². The van der Waals surface area contributed by atoms with Crippen LogP contribution in [-0.2, 0) is 4.79 Å². The van der Waals surface area contributed by atoms with Crippen LogP contribution in [-0.4, -0.2) is 11.1 Å². The maximum atomic E-state index is 11.7. The van der Waals surface area contributed by atoms with Crippen molar-refractivity contribution in [2.75, 3.05) is 0 Å². The van der Waals surface area contributed by atoms with Gasteiger partial charge >= 0.3 is 5.97 Å². The molecule has 20 heavy (non-hydrogen) atoms. The highest BCUT2D eigenvalue weighted by Crippen LogP contribution is 2.35. The van der Waals surface area contributed by atoms with E-state index in [4.69, 9.17) is 0 Å². The minimum Gasteiger partial charge on any atom is -0.481 e. The Morgan fingerprint density at radius 1 is 1.00 bits per heavy atom. The van der Waals surface area contributed by atoms with Crippen molar-refractivity contribution in [2.45, 2.75) is 64.2 Å². The Hall–Kier alpha value is -1.31. The Kier molecular flexibility index (Phi) is 5.22. The first kappa shape index (κ1) is 15.1. The van der Waals surface area contributed by atoms with Crippen molar-refractivity contribution in [2.24, 2.45) is 5.92 Å². The van der Waals surface area contributed by atoms with E-state index in [9.17, 15) is 9.90 Å². The fourth-order valence-corrected chi connectivity index (χ4v) is 3.35. The number of carbonyl (C=O) groups is 1. The molecule has 1 N–H and O–H groups in total. The molecule has 1 saturated carbocycles. The SMILES string of the molecule is CC(C)c1ccc(C(C(=O)O)C2CCCCCC2)cc1. The summed E-state index contributed by atoms with van der Waals surface area (Å²) in [5.41, 5.74) is 2.26.